The minimum atomic E-state index is -0.298. The molecule has 0 aliphatic rings. The van der Waals surface area contributed by atoms with Gasteiger partial charge in [-0.3, -0.25) is 4.79 Å². The van der Waals surface area contributed by atoms with Crippen LogP contribution in [0.3, 0.4) is 0 Å². The molecule has 0 amide bonds. The highest BCUT2D eigenvalue weighted by Crippen LogP contribution is 2.24. The average molecular weight is 261 g/mol. The van der Waals surface area contributed by atoms with Gasteiger partial charge in [-0.15, -0.1) is 0 Å². The lowest BCUT2D eigenvalue weighted by atomic mass is 10.1. The maximum absolute atomic E-state index is 13.4. The van der Waals surface area contributed by atoms with Crippen LogP contribution >= 0.6 is 11.9 Å². The molecule has 2 nitrogen and oxygen atoms in total. The summed E-state index contributed by atoms with van der Waals surface area (Å²) in [5.74, 6) is -0.298. The predicted octanol–water partition coefficient (Wildman–Crippen LogP) is 4.07. The third-order valence-corrected chi connectivity index (χ3v) is 3.34. The first-order valence-corrected chi connectivity index (χ1v) is 6.25. The van der Waals surface area contributed by atoms with E-state index in [1.54, 1.807) is 24.3 Å². The zero-order valence-electron chi connectivity index (χ0n) is 9.81. The number of aryl methyl sites for hydroxylation is 1. The Morgan fingerprint density at radius 1 is 1.22 bits per heavy atom. The molecule has 0 saturated carbocycles. The van der Waals surface area contributed by atoms with E-state index >= 15 is 0 Å². The van der Waals surface area contributed by atoms with Crippen LogP contribution in [0.15, 0.2) is 47.4 Å². The molecule has 92 valence electrons. The fraction of sp³-hybridized carbons (Fsp3) is 0.0714. The molecule has 0 heterocycles. The van der Waals surface area contributed by atoms with Gasteiger partial charge in [-0.05, 0) is 48.7 Å². The molecule has 2 rings (SSSR count). The number of halogens is 1. The van der Waals surface area contributed by atoms with Gasteiger partial charge in [0, 0.05) is 10.5 Å². The molecule has 0 bridgehead atoms. The van der Waals surface area contributed by atoms with Gasteiger partial charge >= 0.3 is 0 Å². The van der Waals surface area contributed by atoms with Crippen LogP contribution in [0.2, 0.25) is 0 Å². The molecular formula is C14H12FNOS. The van der Waals surface area contributed by atoms with Gasteiger partial charge in [-0.1, -0.05) is 18.2 Å². The van der Waals surface area contributed by atoms with Crippen molar-refractivity contribution in [2.75, 3.05) is 4.72 Å². The van der Waals surface area contributed by atoms with Gasteiger partial charge in [-0.25, -0.2) is 4.39 Å². The number of nitrogens with one attached hydrogen (secondary N) is 1. The number of para-hydroxylation sites is 1. The van der Waals surface area contributed by atoms with Gasteiger partial charge in [0.1, 0.15) is 12.1 Å². The summed E-state index contributed by atoms with van der Waals surface area (Å²) < 4.78 is 16.3. The van der Waals surface area contributed by atoms with Crippen LogP contribution in [0.5, 0.6) is 0 Å². The highest BCUT2D eigenvalue weighted by atomic mass is 32.2. The number of benzene rings is 2. The van der Waals surface area contributed by atoms with Gasteiger partial charge in [0.2, 0.25) is 0 Å². The van der Waals surface area contributed by atoms with Crippen molar-refractivity contribution < 1.29 is 9.18 Å². The molecule has 0 saturated heterocycles. The number of hydrogen-bond acceptors (Lipinski definition) is 3. The molecule has 2 aromatic rings. The van der Waals surface area contributed by atoms with E-state index in [2.05, 4.69) is 4.72 Å². The summed E-state index contributed by atoms with van der Waals surface area (Å²) in [5.41, 5.74) is 2.01. The summed E-state index contributed by atoms with van der Waals surface area (Å²) in [6, 6.07) is 12.0. The van der Waals surface area contributed by atoms with Crippen molar-refractivity contribution in [3.8, 4) is 0 Å². The molecule has 0 atom stereocenters. The van der Waals surface area contributed by atoms with E-state index in [-0.39, 0.29) is 5.82 Å². The Hall–Kier alpha value is -1.81. The fourth-order valence-electron chi connectivity index (χ4n) is 1.47. The highest BCUT2D eigenvalue weighted by molar-refractivity contribution is 8.00. The zero-order chi connectivity index (χ0) is 13.0. The normalized spacial score (nSPS) is 10.1. The van der Waals surface area contributed by atoms with Gasteiger partial charge in [0.05, 0.1) is 5.69 Å². The largest absolute Gasteiger partial charge is 0.323 e. The van der Waals surface area contributed by atoms with Crippen molar-refractivity contribution in [2.45, 2.75) is 11.8 Å². The summed E-state index contributed by atoms with van der Waals surface area (Å²) >= 11 is 1.28. The first-order chi connectivity index (χ1) is 8.70. The third kappa shape index (κ3) is 2.90. The molecule has 4 heteroatoms. The Labute approximate surface area is 109 Å². The molecule has 2 aromatic carbocycles. The lowest BCUT2D eigenvalue weighted by molar-refractivity contribution is 0.112. The summed E-state index contributed by atoms with van der Waals surface area (Å²) in [7, 11) is 0. The number of hydrogen-bond donors (Lipinski definition) is 1. The van der Waals surface area contributed by atoms with Crippen LogP contribution < -0.4 is 4.72 Å². The molecule has 0 aliphatic heterocycles. The number of carbonyl (C=O) groups is 1. The number of anilines is 1. The van der Waals surface area contributed by atoms with Crippen LogP contribution in [0.25, 0.3) is 0 Å². The summed E-state index contributed by atoms with van der Waals surface area (Å²) in [6.07, 6.45) is 0.822. The second-order valence-electron chi connectivity index (χ2n) is 3.82. The van der Waals surface area contributed by atoms with E-state index in [0.29, 0.717) is 11.3 Å². The second-order valence-corrected chi connectivity index (χ2v) is 4.70. The van der Waals surface area contributed by atoms with Crippen molar-refractivity contribution in [3.05, 3.63) is 59.4 Å². The molecular weight excluding hydrogens is 249 g/mol. The second kappa shape index (κ2) is 5.69. The van der Waals surface area contributed by atoms with E-state index in [9.17, 15) is 9.18 Å². The standard InChI is InChI=1S/C14H12FNOS/c1-10-6-7-12(8-11(10)9-17)18-16-14-5-3-2-4-13(14)15/h2-9,16H,1H3. The summed E-state index contributed by atoms with van der Waals surface area (Å²) in [5, 5.41) is 0. The summed E-state index contributed by atoms with van der Waals surface area (Å²) in [4.78, 5) is 11.7. The lowest BCUT2D eigenvalue weighted by Crippen LogP contribution is -1.92. The van der Waals surface area contributed by atoms with Crippen LogP contribution in [0.4, 0.5) is 10.1 Å². The van der Waals surface area contributed by atoms with Gasteiger partial charge in [0.25, 0.3) is 0 Å². The van der Waals surface area contributed by atoms with Gasteiger partial charge in [-0.2, -0.15) is 0 Å². The first-order valence-electron chi connectivity index (χ1n) is 5.44. The molecule has 18 heavy (non-hydrogen) atoms. The topological polar surface area (TPSA) is 29.1 Å². The Bertz CT molecular complexity index is 571. The van der Waals surface area contributed by atoms with Crippen LogP contribution in [-0.4, -0.2) is 6.29 Å². The van der Waals surface area contributed by atoms with Crippen molar-refractivity contribution >= 4 is 23.9 Å². The lowest BCUT2D eigenvalue weighted by Gasteiger charge is -2.07. The number of carbonyl (C=O) groups excluding carboxylic acids is 1. The Balaban J connectivity index is 2.11. The Morgan fingerprint density at radius 2 is 2.00 bits per heavy atom. The van der Waals surface area contributed by atoms with E-state index in [1.807, 2.05) is 19.1 Å². The SMILES string of the molecule is Cc1ccc(SNc2ccccc2F)cc1C=O. The molecule has 0 aliphatic carbocycles. The molecule has 0 unspecified atom stereocenters. The molecule has 1 N–H and O–H groups in total. The zero-order valence-corrected chi connectivity index (χ0v) is 10.6. The smallest absolute Gasteiger partial charge is 0.150 e. The number of rotatable bonds is 4. The highest BCUT2D eigenvalue weighted by Gasteiger charge is 2.03. The van der Waals surface area contributed by atoms with E-state index in [0.717, 1.165) is 16.7 Å². The third-order valence-electron chi connectivity index (χ3n) is 2.53. The monoisotopic (exact) mass is 261 g/mol. The van der Waals surface area contributed by atoms with E-state index in [4.69, 9.17) is 0 Å². The van der Waals surface area contributed by atoms with Crippen molar-refractivity contribution in [2.24, 2.45) is 0 Å². The Kier molecular flexibility index (Phi) is 3.99. The van der Waals surface area contributed by atoms with Crippen molar-refractivity contribution in [3.63, 3.8) is 0 Å². The molecule has 0 fully saturated rings. The van der Waals surface area contributed by atoms with Crippen molar-refractivity contribution in [1.82, 2.24) is 0 Å². The molecule has 0 aromatic heterocycles. The maximum Gasteiger partial charge on any atom is 0.150 e. The van der Waals surface area contributed by atoms with Crippen molar-refractivity contribution in [1.29, 1.82) is 0 Å². The maximum atomic E-state index is 13.4. The minimum Gasteiger partial charge on any atom is -0.323 e. The average Bonchev–Trinajstić information content (AvgIpc) is 2.39. The summed E-state index contributed by atoms with van der Waals surface area (Å²) in [6.45, 7) is 1.88. The first kappa shape index (κ1) is 12.6. The van der Waals surface area contributed by atoms with Crippen LogP contribution in [0.1, 0.15) is 15.9 Å². The molecule has 0 radical (unpaired) electrons. The van der Waals surface area contributed by atoms with E-state index in [1.165, 1.54) is 18.0 Å². The van der Waals surface area contributed by atoms with Gasteiger partial charge in [0.15, 0.2) is 0 Å². The van der Waals surface area contributed by atoms with E-state index < -0.39 is 0 Å². The van der Waals surface area contributed by atoms with Crippen LogP contribution in [0, 0.1) is 12.7 Å². The predicted molar refractivity (Wildman–Crippen MR) is 72.4 cm³/mol. The number of aldehydes is 1. The van der Waals surface area contributed by atoms with Crippen LogP contribution in [-0.2, 0) is 0 Å². The quantitative estimate of drug-likeness (QED) is 0.664. The molecule has 0 spiro atoms. The van der Waals surface area contributed by atoms with Gasteiger partial charge < -0.3 is 4.72 Å². The fourth-order valence-corrected chi connectivity index (χ4v) is 2.18. The Morgan fingerprint density at radius 3 is 2.72 bits per heavy atom. The minimum absolute atomic E-state index is 0.298.